The minimum absolute atomic E-state index is 0.270. The Hall–Kier alpha value is -2.65. The fourth-order valence-corrected chi connectivity index (χ4v) is 4.57. The molecule has 2 fully saturated rings. The number of fused-ring (bicyclic) bond motifs is 1. The smallest absolute Gasteiger partial charge is 0.225 e. The molecule has 0 N–H and O–H groups in total. The second-order valence-corrected chi connectivity index (χ2v) is 8.97. The summed E-state index contributed by atoms with van der Waals surface area (Å²) in [6.07, 6.45) is 3.09. The van der Waals surface area contributed by atoms with Gasteiger partial charge in [0.2, 0.25) is 5.91 Å². The van der Waals surface area contributed by atoms with Gasteiger partial charge in [-0.05, 0) is 49.4 Å². The standard InChI is InChI=1S/C23H21BrN4O/c24-19-8-6-16(7-9-19)22-26-20-3-1-2-18(12-25)21(20)28(22)14-15-10-11-27(13-15)23(29)17-4-5-17/h1-3,6-9,15,17H,4-5,10-11,13-14H2/t15-/m1/s1. The Labute approximate surface area is 178 Å². The number of hydrogen-bond donors (Lipinski definition) is 0. The first-order valence-electron chi connectivity index (χ1n) is 10.1. The first-order chi connectivity index (χ1) is 14.1. The molecule has 0 spiro atoms. The number of halogens is 1. The van der Waals surface area contributed by atoms with E-state index in [2.05, 4.69) is 26.6 Å². The molecule has 146 valence electrons. The van der Waals surface area contributed by atoms with Crippen LogP contribution in [0.2, 0.25) is 0 Å². The van der Waals surface area contributed by atoms with Gasteiger partial charge in [0, 0.05) is 35.6 Å². The van der Waals surface area contributed by atoms with Crippen molar-refractivity contribution in [3.8, 4) is 17.5 Å². The van der Waals surface area contributed by atoms with Gasteiger partial charge in [-0.2, -0.15) is 5.26 Å². The number of nitriles is 1. The van der Waals surface area contributed by atoms with E-state index in [1.165, 1.54) is 0 Å². The maximum atomic E-state index is 12.4. The monoisotopic (exact) mass is 448 g/mol. The van der Waals surface area contributed by atoms with Crippen LogP contribution in [0.4, 0.5) is 0 Å². The lowest BCUT2D eigenvalue weighted by atomic mass is 10.1. The van der Waals surface area contributed by atoms with Crippen molar-refractivity contribution in [1.29, 1.82) is 5.26 Å². The van der Waals surface area contributed by atoms with E-state index >= 15 is 0 Å². The minimum atomic E-state index is 0.270. The van der Waals surface area contributed by atoms with E-state index in [0.717, 1.165) is 65.8 Å². The topological polar surface area (TPSA) is 61.9 Å². The van der Waals surface area contributed by atoms with Crippen LogP contribution >= 0.6 is 15.9 Å². The molecule has 1 aliphatic carbocycles. The number of likely N-dealkylation sites (tertiary alicyclic amines) is 1. The SMILES string of the molecule is N#Cc1cccc2nc(-c3ccc(Br)cc3)n(C[C@@H]3CCN(C(=O)C4CC4)C3)c12. The van der Waals surface area contributed by atoms with E-state index < -0.39 is 0 Å². The Morgan fingerprint density at radius 2 is 1.97 bits per heavy atom. The van der Waals surface area contributed by atoms with Crippen LogP contribution in [0.25, 0.3) is 22.4 Å². The molecule has 0 radical (unpaired) electrons. The average molecular weight is 449 g/mol. The van der Waals surface area contributed by atoms with E-state index in [1.54, 1.807) is 0 Å². The van der Waals surface area contributed by atoms with Crippen molar-refractivity contribution >= 4 is 32.9 Å². The van der Waals surface area contributed by atoms with Gasteiger partial charge in [-0.3, -0.25) is 4.79 Å². The molecule has 1 aliphatic heterocycles. The van der Waals surface area contributed by atoms with E-state index in [1.807, 2.05) is 47.4 Å². The largest absolute Gasteiger partial charge is 0.342 e. The van der Waals surface area contributed by atoms with Gasteiger partial charge in [-0.1, -0.05) is 34.1 Å². The Balaban J connectivity index is 1.52. The van der Waals surface area contributed by atoms with Crippen molar-refractivity contribution in [2.45, 2.75) is 25.8 Å². The number of para-hydroxylation sites is 1. The summed E-state index contributed by atoms with van der Waals surface area (Å²) in [5.41, 5.74) is 3.39. The maximum Gasteiger partial charge on any atom is 0.225 e. The zero-order chi connectivity index (χ0) is 20.0. The van der Waals surface area contributed by atoms with Crippen LogP contribution in [-0.2, 0) is 11.3 Å². The molecule has 2 heterocycles. The Morgan fingerprint density at radius 1 is 1.17 bits per heavy atom. The van der Waals surface area contributed by atoms with Gasteiger partial charge in [0.25, 0.3) is 0 Å². The summed E-state index contributed by atoms with van der Waals surface area (Å²) >= 11 is 3.49. The molecule has 5 rings (SSSR count). The lowest BCUT2D eigenvalue weighted by molar-refractivity contribution is -0.131. The second kappa shape index (κ2) is 7.31. The molecule has 1 saturated heterocycles. The molecule has 5 nitrogen and oxygen atoms in total. The molecule has 0 unspecified atom stereocenters. The van der Waals surface area contributed by atoms with Crippen LogP contribution in [0.15, 0.2) is 46.9 Å². The number of nitrogens with zero attached hydrogens (tertiary/aromatic N) is 4. The second-order valence-electron chi connectivity index (χ2n) is 8.05. The first-order valence-corrected chi connectivity index (χ1v) is 10.9. The van der Waals surface area contributed by atoms with Gasteiger partial charge in [0.1, 0.15) is 11.9 Å². The lowest BCUT2D eigenvalue weighted by Gasteiger charge is -2.18. The summed E-state index contributed by atoms with van der Waals surface area (Å²) < 4.78 is 3.21. The highest BCUT2D eigenvalue weighted by atomic mass is 79.9. The Kier molecular flexibility index (Phi) is 4.63. The van der Waals surface area contributed by atoms with Crippen LogP contribution in [0.1, 0.15) is 24.8 Å². The maximum absolute atomic E-state index is 12.4. The minimum Gasteiger partial charge on any atom is -0.342 e. The number of aromatic nitrogens is 2. The number of imidazole rings is 1. The summed E-state index contributed by atoms with van der Waals surface area (Å²) in [7, 11) is 0. The predicted molar refractivity (Wildman–Crippen MR) is 115 cm³/mol. The molecule has 3 aromatic rings. The quantitative estimate of drug-likeness (QED) is 0.585. The summed E-state index contributed by atoms with van der Waals surface area (Å²) in [5, 5.41) is 9.67. The Bertz CT molecular complexity index is 1120. The molecule has 1 amide bonds. The van der Waals surface area contributed by atoms with Gasteiger partial charge in [0.05, 0.1) is 16.6 Å². The summed E-state index contributed by atoms with van der Waals surface area (Å²) in [5.74, 6) is 1.85. The molecule has 6 heteroatoms. The molecular weight excluding hydrogens is 428 g/mol. The van der Waals surface area contributed by atoms with E-state index in [-0.39, 0.29) is 5.92 Å². The highest BCUT2D eigenvalue weighted by molar-refractivity contribution is 9.10. The third kappa shape index (κ3) is 3.44. The number of carbonyl (C=O) groups is 1. The highest BCUT2D eigenvalue weighted by Gasteiger charge is 2.36. The molecule has 29 heavy (non-hydrogen) atoms. The molecule has 1 saturated carbocycles. The van der Waals surface area contributed by atoms with Gasteiger partial charge in [0.15, 0.2) is 0 Å². The fourth-order valence-electron chi connectivity index (χ4n) is 4.30. The molecule has 2 aliphatic rings. The van der Waals surface area contributed by atoms with Crippen LogP contribution in [0, 0.1) is 23.2 Å². The molecular formula is C23H21BrN4O. The number of amides is 1. The summed E-state index contributed by atoms with van der Waals surface area (Å²) in [6.45, 7) is 2.39. The molecule has 2 aromatic carbocycles. The number of hydrogen-bond acceptors (Lipinski definition) is 3. The third-order valence-electron chi connectivity index (χ3n) is 5.95. The van der Waals surface area contributed by atoms with Crippen LogP contribution in [0.5, 0.6) is 0 Å². The van der Waals surface area contributed by atoms with E-state index in [9.17, 15) is 10.1 Å². The Morgan fingerprint density at radius 3 is 2.69 bits per heavy atom. The number of benzene rings is 2. The van der Waals surface area contributed by atoms with Crippen molar-refractivity contribution in [3.63, 3.8) is 0 Å². The zero-order valence-electron chi connectivity index (χ0n) is 16.0. The number of rotatable bonds is 4. The predicted octanol–water partition coefficient (Wildman–Crippen LogP) is 4.60. The summed E-state index contributed by atoms with van der Waals surface area (Å²) in [4.78, 5) is 19.4. The molecule has 1 atom stereocenters. The van der Waals surface area contributed by atoms with Gasteiger partial charge >= 0.3 is 0 Å². The lowest BCUT2D eigenvalue weighted by Crippen LogP contribution is -2.30. The number of carbonyl (C=O) groups excluding carboxylic acids is 1. The molecule has 0 bridgehead atoms. The van der Waals surface area contributed by atoms with Crippen LogP contribution in [-0.4, -0.2) is 33.4 Å². The average Bonchev–Trinajstić information content (AvgIpc) is 3.38. The van der Waals surface area contributed by atoms with Crippen molar-refractivity contribution < 1.29 is 4.79 Å². The van der Waals surface area contributed by atoms with Crippen molar-refractivity contribution in [1.82, 2.24) is 14.5 Å². The van der Waals surface area contributed by atoms with Crippen molar-refractivity contribution in [2.24, 2.45) is 11.8 Å². The van der Waals surface area contributed by atoms with Crippen molar-refractivity contribution in [2.75, 3.05) is 13.1 Å². The van der Waals surface area contributed by atoms with Gasteiger partial charge in [-0.25, -0.2) is 4.98 Å². The third-order valence-corrected chi connectivity index (χ3v) is 6.48. The van der Waals surface area contributed by atoms with Crippen molar-refractivity contribution in [3.05, 3.63) is 52.5 Å². The normalized spacial score (nSPS) is 18.9. The highest BCUT2D eigenvalue weighted by Crippen LogP contribution is 2.34. The van der Waals surface area contributed by atoms with E-state index in [4.69, 9.17) is 4.98 Å². The van der Waals surface area contributed by atoms with E-state index in [0.29, 0.717) is 17.4 Å². The first kappa shape index (κ1) is 18.4. The van der Waals surface area contributed by atoms with Crippen LogP contribution in [0.3, 0.4) is 0 Å². The van der Waals surface area contributed by atoms with Gasteiger partial charge < -0.3 is 9.47 Å². The molecule has 1 aromatic heterocycles. The van der Waals surface area contributed by atoms with Crippen LogP contribution < -0.4 is 0 Å². The van der Waals surface area contributed by atoms with Gasteiger partial charge in [-0.15, -0.1) is 0 Å². The fraction of sp³-hybridized carbons (Fsp3) is 0.348. The zero-order valence-corrected chi connectivity index (χ0v) is 17.6. The summed E-state index contributed by atoms with van der Waals surface area (Å²) in [6, 6.07) is 16.1.